The van der Waals surface area contributed by atoms with Gasteiger partial charge in [0.15, 0.2) is 0 Å². The highest BCUT2D eigenvalue weighted by Gasteiger charge is 2.59. The van der Waals surface area contributed by atoms with Crippen molar-refractivity contribution in [3.05, 3.63) is 132 Å². The van der Waals surface area contributed by atoms with E-state index in [0.717, 1.165) is 60.1 Å². The van der Waals surface area contributed by atoms with Crippen molar-refractivity contribution in [2.24, 2.45) is 17.8 Å². The molecular formula is C48H55BN2O6Si. The number of imide groups is 1. The number of fused-ring (bicyclic) bond motifs is 3. The minimum atomic E-state index is -2.98. The minimum absolute atomic E-state index is 0.0595. The van der Waals surface area contributed by atoms with E-state index in [1.54, 1.807) is 23.2 Å². The van der Waals surface area contributed by atoms with E-state index >= 15 is 0 Å². The number of carbonyl (C=O) groups excluding carboxylic acids is 2. The van der Waals surface area contributed by atoms with E-state index in [4.69, 9.17) is 14.1 Å². The second-order valence-electron chi connectivity index (χ2n) is 17.6. The number of aromatic nitrogens is 1. The molecule has 3 fully saturated rings. The number of nitrogens with zero attached hydrogens (tertiary/aromatic N) is 2. The second kappa shape index (κ2) is 16.9. The number of pyridine rings is 1. The summed E-state index contributed by atoms with van der Waals surface area (Å²) in [7, 11) is -4.06. The summed E-state index contributed by atoms with van der Waals surface area (Å²) in [5, 5.41) is 23.5. The molecule has 2 saturated heterocycles. The molecule has 300 valence electrons. The van der Waals surface area contributed by atoms with Crippen LogP contribution in [0.15, 0.2) is 120 Å². The zero-order valence-corrected chi connectivity index (χ0v) is 34.9. The van der Waals surface area contributed by atoms with Gasteiger partial charge >= 0.3 is 7.12 Å². The van der Waals surface area contributed by atoms with Gasteiger partial charge in [0, 0.05) is 12.2 Å². The third-order valence-corrected chi connectivity index (χ3v) is 18.0. The topological polar surface area (TPSA) is 109 Å². The molecule has 4 aromatic rings. The van der Waals surface area contributed by atoms with Crippen LogP contribution in [0.3, 0.4) is 0 Å². The number of allylic oxidation sites excluding steroid dienone is 1. The number of hydrogen-bond acceptors (Lipinski definition) is 7. The summed E-state index contributed by atoms with van der Waals surface area (Å²) in [6.07, 6.45) is 10.0. The van der Waals surface area contributed by atoms with Crippen molar-refractivity contribution in [2.75, 3.05) is 6.61 Å². The number of phenols is 1. The first-order valence-corrected chi connectivity index (χ1v) is 23.0. The van der Waals surface area contributed by atoms with Gasteiger partial charge in [0.1, 0.15) is 5.75 Å². The standard InChI is InChI=1S/C48H55BN2O6Si/c1-48(2,3)58(38-17-9-5-10-18-38,39-19-11-6-12-20-39)56-32-35-30-40-45(47(54)51(46(40)53)36-15-7-4-8-16-36)41-31-49(55)57-43(44(35)41)27-24-34(42-21-13-14-28-50-42)29-33-22-25-37(52)26-23-33/h5-6,9-14,17-23,25-26,28-29,36,40-41,43,45,52,55H,4,7-8,15-16,24,27,30-32H2,1-3H3/b34-29-/t40-,41+,43-,45-/m1/s1. The monoisotopic (exact) mass is 794 g/mol. The maximum atomic E-state index is 14.6. The number of phenolic OH excluding ortho intramolecular Hbond substituents is 1. The molecule has 0 spiro atoms. The van der Waals surface area contributed by atoms with Crippen LogP contribution in [0.5, 0.6) is 5.75 Å². The number of amides is 2. The normalized spacial score (nSPS) is 23.3. The molecule has 3 heterocycles. The van der Waals surface area contributed by atoms with E-state index in [1.807, 2.05) is 42.5 Å². The van der Waals surface area contributed by atoms with Crippen LogP contribution < -0.4 is 10.4 Å². The number of benzene rings is 3. The zero-order chi connectivity index (χ0) is 40.4. The van der Waals surface area contributed by atoms with Gasteiger partial charge in [0.05, 0.1) is 30.2 Å². The lowest BCUT2D eigenvalue weighted by atomic mass is 9.58. The molecule has 0 bridgehead atoms. The summed E-state index contributed by atoms with van der Waals surface area (Å²) in [6, 6.07) is 34.0. The number of aromatic hydroxyl groups is 1. The summed E-state index contributed by atoms with van der Waals surface area (Å²) >= 11 is 0. The molecule has 58 heavy (non-hydrogen) atoms. The first-order valence-electron chi connectivity index (χ1n) is 21.1. The fourth-order valence-corrected chi connectivity index (χ4v) is 15.0. The highest BCUT2D eigenvalue weighted by atomic mass is 28.4. The summed E-state index contributed by atoms with van der Waals surface area (Å²) in [4.78, 5) is 35.5. The van der Waals surface area contributed by atoms with E-state index in [0.29, 0.717) is 25.9 Å². The van der Waals surface area contributed by atoms with Crippen molar-refractivity contribution in [3.63, 3.8) is 0 Å². The second-order valence-corrected chi connectivity index (χ2v) is 21.9. The lowest BCUT2D eigenvalue weighted by Crippen LogP contribution is -2.66. The predicted octanol–water partition coefficient (Wildman–Crippen LogP) is 7.81. The molecular weight excluding hydrogens is 739 g/mol. The summed E-state index contributed by atoms with van der Waals surface area (Å²) < 4.78 is 14.1. The molecule has 8 rings (SSSR count). The van der Waals surface area contributed by atoms with Crippen molar-refractivity contribution < 1.29 is 28.8 Å². The first-order chi connectivity index (χ1) is 28.0. The van der Waals surface area contributed by atoms with Crippen molar-refractivity contribution in [3.8, 4) is 5.75 Å². The van der Waals surface area contributed by atoms with Crippen molar-refractivity contribution >= 4 is 49.3 Å². The van der Waals surface area contributed by atoms with Gasteiger partial charge in [0.25, 0.3) is 8.32 Å². The third-order valence-electron chi connectivity index (χ3n) is 13.1. The molecule has 1 aromatic heterocycles. The molecule has 2 amide bonds. The molecule has 4 aliphatic rings. The van der Waals surface area contributed by atoms with Crippen LogP contribution in [0.2, 0.25) is 11.4 Å². The molecule has 0 radical (unpaired) electrons. The summed E-state index contributed by atoms with van der Waals surface area (Å²) in [6.45, 7) is 7.08. The molecule has 2 aliphatic heterocycles. The van der Waals surface area contributed by atoms with Gasteiger partial charge in [-0.15, -0.1) is 0 Å². The van der Waals surface area contributed by atoms with Gasteiger partial charge in [-0.2, -0.15) is 0 Å². The Bertz CT molecular complexity index is 2090. The highest BCUT2D eigenvalue weighted by molar-refractivity contribution is 6.99. The Morgan fingerprint density at radius 2 is 1.53 bits per heavy atom. The Hall–Kier alpha value is -4.61. The van der Waals surface area contributed by atoms with Crippen molar-refractivity contribution in [1.29, 1.82) is 0 Å². The van der Waals surface area contributed by atoms with Gasteiger partial charge in [-0.25, -0.2) is 0 Å². The van der Waals surface area contributed by atoms with Crippen LogP contribution >= 0.6 is 0 Å². The molecule has 0 unspecified atom stereocenters. The van der Waals surface area contributed by atoms with E-state index in [9.17, 15) is 19.7 Å². The lowest BCUT2D eigenvalue weighted by molar-refractivity contribution is -0.143. The Morgan fingerprint density at radius 3 is 2.16 bits per heavy atom. The third kappa shape index (κ3) is 7.79. The Kier molecular flexibility index (Phi) is 11.7. The van der Waals surface area contributed by atoms with Gasteiger partial charge in [-0.05, 0) is 112 Å². The summed E-state index contributed by atoms with van der Waals surface area (Å²) in [5.41, 5.74) is 4.78. The predicted molar refractivity (Wildman–Crippen MR) is 232 cm³/mol. The van der Waals surface area contributed by atoms with Gasteiger partial charge in [-0.3, -0.25) is 19.5 Å². The zero-order valence-electron chi connectivity index (χ0n) is 33.9. The number of hydrogen-bond donors (Lipinski definition) is 2. The quantitative estimate of drug-likeness (QED) is 0.0906. The smallest absolute Gasteiger partial charge is 0.455 e. The molecule has 8 nitrogen and oxygen atoms in total. The van der Waals surface area contributed by atoms with E-state index in [-0.39, 0.29) is 40.9 Å². The molecule has 1 saturated carbocycles. The average Bonchev–Trinajstić information content (AvgIpc) is 3.49. The van der Waals surface area contributed by atoms with Crippen molar-refractivity contribution in [1.82, 2.24) is 9.88 Å². The van der Waals surface area contributed by atoms with Crippen molar-refractivity contribution in [2.45, 2.75) is 95.6 Å². The lowest BCUT2D eigenvalue weighted by Gasteiger charge is -2.46. The minimum Gasteiger partial charge on any atom is -0.508 e. The summed E-state index contributed by atoms with van der Waals surface area (Å²) in [5.74, 6) is -1.32. The van der Waals surface area contributed by atoms with Crippen LogP contribution in [0, 0.1) is 17.8 Å². The van der Waals surface area contributed by atoms with Crippen LogP contribution in [0.1, 0.15) is 83.4 Å². The molecule has 4 atom stereocenters. The first kappa shape index (κ1) is 40.2. The average molecular weight is 795 g/mol. The molecule has 2 N–H and O–H groups in total. The van der Waals surface area contributed by atoms with Gasteiger partial charge in [0.2, 0.25) is 11.8 Å². The van der Waals surface area contributed by atoms with Gasteiger partial charge in [-0.1, -0.05) is 119 Å². The van der Waals surface area contributed by atoms with E-state index in [1.165, 1.54) is 10.4 Å². The van der Waals surface area contributed by atoms with Crippen LogP contribution in [-0.4, -0.2) is 66.0 Å². The number of carbonyl (C=O) groups is 2. The maximum absolute atomic E-state index is 14.6. The fraction of sp³-hybridized carbons (Fsp3) is 0.396. The molecule has 2 aliphatic carbocycles. The number of rotatable bonds is 11. The van der Waals surface area contributed by atoms with Crippen LogP contribution in [-0.2, 0) is 18.7 Å². The fourth-order valence-electron chi connectivity index (χ4n) is 10.5. The number of likely N-dealkylation sites (tertiary alicyclic amines) is 1. The maximum Gasteiger partial charge on any atom is 0.455 e. The largest absolute Gasteiger partial charge is 0.508 e. The SMILES string of the molecule is CC(C)(C)[Si](OCC1=C2[C@@H](CC/C(=C/c3ccc(O)cc3)c3ccccn3)OB(O)C[C@@H]2[C@@H]2C(=O)N(C3CCCCC3)C(=O)[C@@H]2C1)(c1ccccc1)c1ccccc1. The Labute approximate surface area is 344 Å². The molecule has 10 heteroatoms. The highest BCUT2D eigenvalue weighted by Crippen LogP contribution is 2.52. The Morgan fingerprint density at radius 1 is 0.879 bits per heavy atom. The van der Waals surface area contributed by atoms with Crippen LogP contribution in [0.25, 0.3) is 11.6 Å². The van der Waals surface area contributed by atoms with E-state index in [2.05, 4.69) is 75.4 Å². The van der Waals surface area contributed by atoms with E-state index < -0.39 is 33.4 Å². The van der Waals surface area contributed by atoms with Gasteiger partial charge < -0.3 is 19.2 Å². The molecule has 3 aromatic carbocycles. The van der Waals surface area contributed by atoms with Crippen LogP contribution in [0.4, 0.5) is 0 Å². The Balaban J connectivity index is 1.21.